The smallest absolute Gasteiger partial charge is 0.230 e. The van der Waals surface area contributed by atoms with Crippen molar-refractivity contribution in [3.63, 3.8) is 0 Å². The van der Waals surface area contributed by atoms with Crippen molar-refractivity contribution < 1.29 is 4.79 Å². The minimum Gasteiger partial charge on any atom is -0.328 e. The first-order valence-electron chi connectivity index (χ1n) is 8.18. The van der Waals surface area contributed by atoms with Crippen LogP contribution >= 0.6 is 0 Å². The second-order valence-electron chi connectivity index (χ2n) is 6.42. The molecule has 0 radical (unpaired) electrons. The molecule has 2 unspecified atom stereocenters. The van der Waals surface area contributed by atoms with Crippen LogP contribution in [0.3, 0.4) is 0 Å². The number of hydrogen-bond donors (Lipinski definition) is 1. The number of carbonyl (C=O) groups is 1. The zero-order valence-electron chi connectivity index (χ0n) is 13.7. The molecule has 0 aromatic heterocycles. The molecule has 0 fully saturated rings. The van der Waals surface area contributed by atoms with E-state index in [2.05, 4.69) is 39.0 Å². The van der Waals surface area contributed by atoms with Crippen molar-refractivity contribution in [1.82, 2.24) is 0 Å². The minimum absolute atomic E-state index is 0.141. The van der Waals surface area contributed by atoms with Gasteiger partial charge in [0.05, 0.1) is 0 Å². The Morgan fingerprint density at radius 2 is 2.05 bits per heavy atom. The molecular formula is C18H28N2O. The summed E-state index contributed by atoms with van der Waals surface area (Å²) in [5.41, 5.74) is 9.55. The second kappa shape index (κ2) is 6.61. The number of anilines is 1. The highest BCUT2D eigenvalue weighted by atomic mass is 16.2. The summed E-state index contributed by atoms with van der Waals surface area (Å²) in [5, 5.41) is 0. The van der Waals surface area contributed by atoms with E-state index < -0.39 is 0 Å². The fourth-order valence-electron chi connectivity index (χ4n) is 3.35. The molecule has 0 bridgehead atoms. The maximum absolute atomic E-state index is 12.7. The highest BCUT2D eigenvalue weighted by Crippen LogP contribution is 2.35. The lowest BCUT2D eigenvalue weighted by atomic mass is 10.0. The number of hydrogen-bond acceptors (Lipinski definition) is 2. The minimum atomic E-state index is 0.141. The van der Waals surface area contributed by atoms with Crippen LogP contribution in [-0.4, -0.2) is 18.0 Å². The van der Waals surface area contributed by atoms with Crippen LogP contribution in [-0.2, 0) is 17.6 Å². The third-order valence-corrected chi connectivity index (χ3v) is 4.49. The number of carbonyl (C=O) groups excluding carboxylic acids is 1. The van der Waals surface area contributed by atoms with Crippen LogP contribution in [0.5, 0.6) is 0 Å². The molecule has 21 heavy (non-hydrogen) atoms. The quantitative estimate of drug-likeness (QED) is 0.903. The predicted molar refractivity (Wildman–Crippen MR) is 88.5 cm³/mol. The second-order valence-corrected chi connectivity index (χ2v) is 6.42. The standard InChI is InChI=1S/C18H28N2O/c1-5-15(6-2)18(21)20-13(4)10-16-11-14(9-12(3)19)7-8-17(16)20/h7-8,11-13,15H,5-6,9-10,19H2,1-4H3. The summed E-state index contributed by atoms with van der Waals surface area (Å²) in [4.78, 5) is 14.8. The lowest BCUT2D eigenvalue weighted by Crippen LogP contribution is -2.39. The number of benzene rings is 1. The molecule has 2 N–H and O–H groups in total. The van der Waals surface area contributed by atoms with E-state index in [1.807, 2.05) is 11.8 Å². The van der Waals surface area contributed by atoms with Crippen LogP contribution < -0.4 is 10.6 Å². The molecule has 1 aromatic rings. The third kappa shape index (κ3) is 3.29. The summed E-state index contributed by atoms with van der Waals surface area (Å²) in [7, 11) is 0. The SMILES string of the molecule is CCC(CC)C(=O)N1c2ccc(CC(C)N)cc2CC1C. The molecule has 2 rings (SSSR count). The fraction of sp³-hybridized carbons (Fsp3) is 0.611. The van der Waals surface area contributed by atoms with Gasteiger partial charge in [0.15, 0.2) is 0 Å². The van der Waals surface area contributed by atoms with Crippen LogP contribution in [0.15, 0.2) is 18.2 Å². The van der Waals surface area contributed by atoms with Crippen LogP contribution in [0, 0.1) is 5.92 Å². The Hall–Kier alpha value is -1.35. The van der Waals surface area contributed by atoms with Crippen molar-refractivity contribution in [1.29, 1.82) is 0 Å². The van der Waals surface area contributed by atoms with Crippen molar-refractivity contribution in [3.8, 4) is 0 Å². The van der Waals surface area contributed by atoms with Gasteiger partial charge in [-0.1, -0.05) is 26.0 Å². The summed E-state index contributed by atoms with van der Waals surface area (Å²) in [6.45, 7) is 8.36. The molecule has 116 valence electrons. The topological polar surface area (TPSA) is 46.3 Å². The van der Waals surface area contributed by atoms with Gasteiger partial charge in [-0.15, -0.1) is 0 Å². The highest BCUT2D eigenvalue weighted by Gasteiger charge is 2.33. The van der Waals surface area contributed by atoms with Crippen LogP contribution in [0.4, 0.5) is 5.69 Å². The first-order chi connectivity index (χ1) is 9.97. The molecule has 1 aliphatic heterocycles. The Labute approximate surface area is 128 Å². The maximum Gasteiger partial charge on any atom is 0.230 e. The van der Waals surface area contributed by atoms with Crippen molar-refractivity contribution in [2.24, 2.45) is 11.7 Å². The van der Waals surface area contributed by atoms with Gasteiger partial charge >= 0.3 is 0 Å². The zero-order valence-corrected chi connectivity index (χ0v) is 13.7. The van der Waals surface area contributed by atoms with Crippen LogP contribution in [0.1, 0.15) is 51.7 Å². The summed E-state index contributed by atoms with van der Waals surface area (Å²) in [6, 6.07) is 6.89. The molecule has 0 spiro atoms. The molecule has 3 heteroatoms. The molecule has 0 saturated carbocycles. The molecule has 1 aromatic carbocycles. The van der Waals surface area contributed by atoms with E-state index in [0.29, 0.717) is 0 Å². The van der Waals surface area contributed by atoms with Gasteiger partial charge in [-0.3, -0.25) is 4.79 Å². The van der Waals surface area contributed by atoms with E-state index in [0.717, 1.165) is 31.4 Å². The van der Waals surface area contributed by atoms with E-state index >= 15 is 0 Å². The largest absolute Gasteiger partial charge is 0.328 e. The monoisotopic (exact) mass is 288 g/mol. The molecule has 1 heterocycles. The third-order valence-electron chi connectivity index (χ3n) is 4.49. The Kier molecular flexibility index (Phi) is 5.04. The van der Waals surface area contributed by atoms with Gasteiger partial charge in [0.25, 0.3) is 0 Å². The Balaban J connectivity index is 2.27. The first-order valence-corrected chi connectivity index (χ1v) is 8.18. The van der Waals surface area contributed by atoms with E-state index in [9.17, 15) is 4.79 Å². The average Bonchev–Trinajstić information content (AvgIpc) is 2.74. The summed E-state index contributed by atoms with van der Waals surface area (Å²) >= 11 is 0. The maximum atomic E-state index is 12.7. The van der Waals surface area contributed by atoms with Gasteiger partial charge < -0.3 is 10.6 Å². The van der Waals surface area contributed by atoms with Crippen molar-refractivity contribution >= 4 is 11.6 Å². The molecule has 0 aliphatic carbocycles. The molecule has 1 amide bonds. The predicted octanol–water partition coefficient (Wildman–Crippen LogP) is 3.29. The summed E-state index contributed by atoms with van der Waals surface area (Å²) in [6.07, 6.45) is 3.67. The normalized spacial score (nSPS) is 19.0. The van der Waals surface area contributed by atoms with E-state index in [4.69, 9.17) is 5.73 Å². The van der Waals surface area contributed by atoms with Crippen molar-refractivity contribution in [3.05, 3.63) is 29.3 Å². The molecule has 1 aliphatic rings. The van der Waals surface area contributed by atoms with Gasteiger partial charge in [-0.2, -0.15) is 0 Å². The number of fused-ring (bicyclic) bond motifs is 1. The van der Waals surface area contributed by atoms with Crippen molar-refractivity contribution in [2.75, 3.05) is 4.90 Å². The van der Waals surface area contributed by atoms with Crippen molar-refractivity contribution in [2.45, 2.75) is 65.5 Å². The van der Waals surface area contributed by atoms with Gasteiger partial charge in [-0.25, -0.2) is 0 Å². The fourth-order valence-corrected chi connectivity index (χ4v) is 3.35. The lowest BCUT2D eigenvalue weighted by molar-refractivity contribution is -0.122. The molecule has 2 atom stereocenters. The van der Waals surface area contributed by atoms with Gasteiger partial charge in [-0.05, 0) is 56.7 Å². The first kappa shape index (κ1) is 16.0. The van der Waals surface area contributed by atoms with E-state index in [1.165, 1.54) is 11.1 Å². The van der Waals surface area contributed by atoms with Gasteiger partial charge in [0.2, 0.25) is 5.91 Å². The molecule has 3 nitrogen and oxygen atoms in total. The summed E-state index contributed by atoms with van der Waals surface area (Å²) < 4.78 is 0. The van der Waals surface area contributed by atoms with Gasteiger partial charge in [0, 0.05) is 23.7 Å². The number of rotatable bonds is 5. The lowest BCUT2D eigenvalue weighted by Gasteiger charge is -2.27. The summed E-state index contributed by atoms with van der Waals surface area (Å²) in [5.74, 6) is 0.424. The zero-order chi connectivity index (χ0) is 15.6. The average molecular weight is 288 g/mol. The van der Waals surface area contributed by atoms with E-state index in [1.54, 1.807) is 0 Å². The number of amides is 1. The Bertz CT molecular complexity index is 506. The molecular weight excluding hydrogens is 260 g/mol. The number of nitrogens with two attached hydrogens (primary N) is 1. The molecule has 0 saturated heterocycles. The highest BCUT2D eigenvalue weighted by molar-refractivity contribution is 5.97. The van der Waals surface area contributed by atoms with E-state index in [-0.39, 0.29) is 23.9 Å². The Morgan fingerprint density at radius 1 is 1.38 bits per heavy atom. The van der Waals surface area contributed by atoms with Crippen LogP contribution in [0.2, 0.25) is 0 Å². The Morgan fingerprint density at radius 3 is 2.62 bits per heavy atom. The van der Waals surface area contributed by atoms with Gasteiger partial charge in [0.1, 0.15) is 0 Å². The number of nitrogens with zero attached hydrogens (tertiary/aromatic N) is 1. The van der Waals surface area contributed by atoms with Crippen LogP contribution in [0.25, 0.3) is 0 Å².